The number of esters is 1. The van der Waals surface area contributed by atoms with Crippen LogP contribution in [0.15, 0.2) is 48.5 Å². The van der Waals surface area contributed by atoms with Crippen LogP contribution in [0, 0.1) is 20.8 Å². The molecule has 0 aliphatic carbocycles. The Bertz CT molecular complexity index is 987. The molecule has 3 aromatic rings. The third-order valence-electron chi connectivity index (χ3n) is 4.58. The predicted octanol–water partition coefficient (Wildman–Crippen LogP) is 4.19. The van der Waals surface area contributed by atoms with E-state index < -0.39 is 12.1 Å². The Hall–Kier alpha value is -3.41. The first kappa shape index (κ1) is 19.4. The van der Waals surface area contributed by atoms with Gasteiger partial charge in [0.05, 0.1) is 11.3 Å². The Morgan fingerprint density at radius 1 is 1.04 bits per heavy atom. The number of para-hydroxylation sites is 1. The van der Waals surface area contributed by atoms with Gasteiger partial charge in [0.2, 0.25) is 0 Å². The second-order valence-electron chi connectivity index (χ2n) is 6.72. The smallest absolute Gasteiger partial charge is 0.338 e. The van der Waals surface area contributed by atoms with Gasteiger partial charge in [-0.25, -0.2) is 9.78 Å². The number of aromatic amines is 1. The summed E-state index contributed by atoms with van der Waals surface area (Å²) >= 11 is 0. The van der Waals surface area contributed by atoms with E-state index >= 15 is 0 Å². The maximum atomic E-state index is 12.4. The first-order valence-corrected chi connectivity index (χ1v) is 9.06. The lowest BCUT2D eigenvalue weighted by molar-refractivity contribution is -0.123. The quantitative estimate of drug-likeness (QED) is 0.653. The standard InChI is InChI=1S/C22H23N3O3/c1-13-7-5-6-8-19(13)25-21(26)16(4)28-22(27)18-11-9-17(10-12-18)20-23-14(2)15(3)24-20/h5-12,16H,1-4H3,(H,23,24)(H,25,26). The summed E-state index contributed by atoms with van der Waals surface area (Å²) in [4.78, 5) is 32.3. The third kappa shape index (κ3) is 4.28. The molecule has 0 spiro atoms. The number of imidazole rings is 1. The van der Waals surface area contributed by atoms with Gasteiger partial charge in [-0.2, -0.15) is 0 Å². The van der Waals surface area contributed by atoms with Crippen molar-refractivity contribution in [3.05, 3.63) is 71.0 Å². The zero-order valence-electron chi connectivity index (χ0n) is 16.4. The normalized spacial score (nSPS) is 11.7. The lowest BCUT2D eigenvalue weighted by Crippen LogP contribution is -2.30. The number of carbonyl (C=O) groups is 2. The summed E-state index contributed by atoms with van der Waals surface area (Å²) in [5.41, 5.74) is 4.83. The molecule has 3 rings (SSSR count). The van der Waals surface area contributed by atoms with E-state index in [0.717, 1.165) is 28.3 Å². The van der Waals surface area contributed by atoms with Gasteiger partial charge in [0.1, 0.15) is 5.82 Å². The average Bonchev–Trinajstić information content (AvgIpc) is 3.02. The van der Waals surface area contributed by atoms with E-state index in [1.807, 2.05) is 39.0 Å². The number of aromatic nitrogens is 2. The van der Waals surface area contributed by atoms with Crippen LogP contribution in [0.4, 0.5) is 5.69 Å². The van der Waals surface area contributed by atoms with Gasteiger partial charge in [-0.1, -0.05) is 30.3 Å². The topological polar surface area (TPSA) is 84.1 Å². The molecule has 6 nitrogen and oxygen atoms in total. The fourth-order valence-corrected chi connectivity index (χ4v) is 2.68. The van der Waals surface area contributed by atoms with Crippen LogP contribution in [0.3, 0.4) is 0 Å². The van der Waals surface area contributed by atoms with Crippen molar-refractivity contribution in [2.24, 2.45) is 0 Å². The number of ether oxygens (including phenoxy) is 1. The number of rotatable bonds is 5. The van der Waals surface area contributed by atoms with Crippen LogP contribution in [-0.2, 0) is 9.53 Å². The highest BCUT2D eigenvalue weighted by molar-refractivity contribution is 5.97. The molecule has 0 aliphatic heterocycles. The molecule has 0 saturated heterocycles. The number of carbonyl (C=O) groups excluding carboxylic acids is 2. The van der Waals surface area contributed by atoms with Crippen molar-refractivity contribution in [1.82, 2.24) is 9.97 Å². The van der Waals surface area contributed by atoms with Gasteiger partial charge in [0, 0.05) is 16.9 Å². The molecule has 1 heterocycles. The van der Waals surface area contributed by atoms with Crippen LogP contribution in [-0.4, -0.2) is 27.9 Å². The number of benzene rings is 2. The Morgan fingerprint density at radius 2 is 1.71 bits per heavy atom. The van der Waals surface area contributed by atoms with E-state index in [4.69, 9.17) is 4.74 Å². The fourth-order valence-electron chi connectivity index (χ4n) is 2.68. The van der Waals surface area contributed by atoms with Gasteiger partial charge < -0.3 is 15.0 Å². The molecule has 0 bridgehead atoms. The van der Waals surface area contributed by atoms with Crippen molar-refractivity contribution in [2.45, 2.75) is 33.8 Å². The van der Waals surface area contributed by atoms with E-state index in [1.165, 1.54) is 0 Å². The lowest BCUT2D eigenvalue weighted by atomic mass is 10.1. The largest absolute Gasteiger partial charge is 0.449 e. The Balaban J connectivity index is 1.63. The number of nitrogens with zero attached hydrogens (tertiary/aromatic N) is 1. The minimum Gasteiger partial charge on any atom is -0.449 e. The first-order valence-electron chi connectivity index (χ1n) is 9.06. The fraction of sp³-hybridized carbons (Fsp3) is 0.227. The number of amides is 1. The number of hydrogen-bond acceptors (Lipinski definition) is 4. The van der Waals surface area contributed by atoms with Crippen LogP contribution in [0.5, 0.6) is 0 Å². The van der Waals surface area contributed by atoms with Gasteiger partial charge in [-0.05, 0) is 51.5 Å². The van der Waals surface area contributed by atoms with Gasteiger partial charge in [0.25, 0.3) is 5.91 Å². The van der Waals surface area contributed by atoms with Crippen LogP contribution >= 0.6 is 0 Å². The highest BCUT2D eigenvalue weighted by Crippen LogP contribution is 2.19. The zero-order chi connectivity index (χ0) is 20.3. The van der Waals surface area contributed by atoms with Crippen LogP contribution < -0.4 is 5.32 Å². The molecule has 0 radical (unpaired) electrons. The minimum absolute atomic E-state index is 0.374. The summed E-state index contributed by atoms with van der Waals surface area (Å²) in [5.74, 6) is -0.174. The van der Waals surface area contributed by atoms with Crippen molar-refractivity contribution >= 4 is 17.6 Å². The lowest BCUT2D eigenvalue weighted by Gasteiger charge is -2.14. The molecule has 1 amide bonds. The van der Waals surface area contributed by atoms with Crippen molar-refractivity contribution in [1.29, 1.82) is 0 Å². The molecule has 2 N–H and O–H groups in total. The number of H-pyrrole nitrogens is 1. The molecule has 6 heteroatoms. The Labute approximate surface area is 164 Å². The molecule has 1 atom stereocenters. The number of anilines is 1. The van der Waals surface area contributed by atoms with E-state index in [-0.39, 0.29) is 5.91 Å². The Morgan fingerprint density at radius 3 is 2.32 bits per heavy atom. The maximum absolute atomic E-state index is 12.4. The Kier molecular flexibility index (Phi) is 5.59. The predicted molar refractivity (Wildman–Crippen MR) is 108 cm³/mol. The minimum atomic E-state index is -0.915. The molecule has 0 aliphatic rings. The highest BCUT2D eigenvalue weighted by Gasteiger charge is 2.19. The molecule has 144 valence electrons. The van der Waals surface area contributed by atoms with E-state index in [9.17, 15) is 9.59 Å². The van der Waals surface area contributed by atoms with Gasteiger partial charge >= 0.3 is 5.97 Å². The van der Waals surface area contributed by atoms with Crippen molar-refractivity contribution in [2.75, 3.05) is 5.32 Å². The molecule has 28 heavy (non-hydrogen) atoms. The van der Waals surface area contributed by atoms with Crippen molar-refractivity contribution in [3.8, 4) is 11.4 Å². The number of aryl methyl sites for hydroxylation is 3. The molecule has 0 saturated carbocycles. The average molecular weight is 377 g/mol. The molecule has 1 unspecified atom stereocenters. The van der Waals surface area contributed by atoms with E-state index in [1.54, 1.807) is 37.3 Å². The molecule has 2 aromatic carbocycles. The molecule has 0 fully saturated rings. The summed E-state index contributed by atoms with van der Waals surface area (Å²) in [6, 6.07) is 14.4. The van der Waals surface area contributed by atoms with Crippen molar-refractivity contribution < 1.29 is 14.3 Å². The maximum Gasteiger partial charge on any atom is 0.338 e. The molecule has 1 aromatic heterocycles. The summed E-state index contributed by atoms with van der Waals surface area (Å²) in [6.45, 7) is 7.34. The molecular formula is C22H23N3O3. The van der Waals surface area contributed by atoms with Crippen LogP contribution in [0.25, 0.3) is 11.4 Å². The summed E-state index contributed by atoms with van der Waals surface area (Å²) < 4.78 is 5.30. The third-order valence-corrected chi connectivity index (χ3v) is 4.58. The number of nitrogens with one attached hydrogen (secondary N) is 2. The van der Waals surface area contributed by atoms with Gasteiger partial charge in [-0.15, -0.1) is 0 Å². The van der Waals surface area contributed by atoms with Gasteiger partial charge in [0.15, 0.2) is 6.10 Å². The van der Waals surface area contributed by atoms with Crippen LogP contribution in [0.1, 0.15) is 34.2 Å². The van der Waals surface area contributed by atoms with E-state index in [2.05, 4.69) is 15.3 Å². The second-order valence-corrected chi connectivity index (χ2v) is 6.72. The second kappa shape index (κ2) is 8.08. The van der Waals surface area contributed by atoms with Crippen LogP contribution in [0.2, 0.25) is 0 Å². The first-order chi connectivity index (χ1) is 13.3. The number of hydrogen-bond donors (Lipinski definition) is 2. The van der Waals surface area contributed by atoms with Gasteiger partial charge in [-0.3, -0.25) is 4.79 Å². The zero-order valence-corrected chi connectivity index (χ0v) is 16.4. The highest BCUT2D eigenvalue weighted by atomic mass is 16.5. The summed E-state index contributed by atoms with van der Waals surface area (Å²) in [6.07, 6.45) is -0.915. The van der Waals surface area contributed by atoms with E-state index in [0.29, 0.717) is 11.3 Å². The summed E-state index contributed by atoms with van der Waals surface area (Å²) in [7, 11) is 0. The molecular weight excluding hydrogens is 354 g/mol. The van der Waals surface area contributed by atoms with Crippen molar-refractivity contribution in [3.63, 3.8) is 0 Å². The monoisotopic (exact) mass is 377 g/mol. The summed E-state index contributed by atoms with van der Waals surface area (Å²) in [5, 5.41) is 2.78. The SMILES string of the molecule is Cc1ccccc1NC(=O)C(C)OC(=O)c1ccc(-c2nc(C)c(C)[nH]2)cc1.